The zero-order chi connectivity index (χ0) is 10.6. The molecule has 0 aliphatic heterocycles. The third-order valence-electron chi connectivity index (χ3n) is 1.72. The number of hydrogen-bond acceptors (Lipinski definition) is 2. The van der Waals surface area contributed by atoms with Gasteiger partial charge in [0.25, 0.3) is 5.91 Å². The second-order valence-electron chi connectivity index (χ2n) is 2.84. The Labute approximate surface area is 88.0 Å². The largest absolute Gasteiger partial charge is 0.338 e. The zero-order valence-corrected chi connectivity index (χ0v) is 8.66. The van der Waals surface area contributed by atoms with E-state index in [4.69, 9.17) is 11.6 Å². The fraction of sp³-hybridized carbons (Fsp3) is 0.200. The number of nitrogens with zero attached hydrogens (tertiary/aromatic N) is 2. The fourth-order valence-electron chi connectivity index (χ4n) is 1.03. The topological polar surface area (TPSA) is 33.2 Å². The molecule has 0 atom stereocenters. The van der Waals surface area contributed by atoms with E-state index in [0.717, 1.165) is 0 Å². The van der Waals surface area contributed by atoms with Crippen molar-refractivity contribution in [1.82, 2.24) is 9.88 Å². The molecule has 0 saturated carbocycles. The minimum atomic E-state index is -0.0887. The van der Waals surface area contributed by atoms with Crippen molar-refractivity contribution in [1.29, 1.82) is 0 Å². The lowest BCUT2D eigenvalue weighted by Crippen LogP contribution is -2.26. The molecule has 1 aromatic rings. The predicted molar refractivity (Wildman–Crippen MR) is 56.4 cm³/mol. The van der Waals surface area contributed by atoms with Crippen LogP contribution in [0.3, 0.4) is 0 Å². The molecule has 4 heteroatoms. The van der Waals surface area contributed by atoms with Gasteiger partial charge in [0.15, 0.2) is 0 Å². The normalized spacial score (nSPS) is 9.57. The number of hydrogen-bond donors (Lipinski definition) is 0. The standard InChI is InChI=1S/C10H11ClN2O/c1-3-6-13(2)10(14)8-4-5-12-9(11)7-8/h3-5,7H,1,6H2,2H3. The van der Waals surface area contributed by atoms with Crippen LogP contribution in [-0.2, 0) is 0 Å². The summed E-state index contributed by atoms with van der Waals surface area (Å²) in [6.07, 6.45) is 3.18. The molecule has 0 saturated heterocycles. The molecule has 3 nitrogen and oxygen atoms in total. The Morgan fingerprint density at radius 1 is 1.79 bits per heavy atom. The van der Waals surface area contributed by atoms with Crippen molar-refractivity contribution in [3.8, 4) is 0 Å². The highest BCUT2D eigenvalue weighted by molar-refractivity contribution is 6.29. The third-order valence-corrected chi connectivity index (χ3v) is 1.93. The van der Waals surface area contributed by atoms with Gasteiger partial charge >= 0.3 is 0 Å². The van der Waals surface area contributed by atoms with Gasteiger partial charge in [-0.2, -0.15) is 0 Å². The fourth-order valence-corrected chi connectivity index (χ4v) is 1.21. The molecule has 0 aliphatic carbocycles. The van der Waals surface area contributed by atoms with Gasteiger partial charge in [-0.3, -0.25) is 4.79 Å². The minimum Gasteiger partial charge on any atom is -0.338 e. The summed E-state index contributed by atoms with van der Waals surface area (Å²) in [6.45, 7) is 4.07. The van der Waals surface area contributed by atoms with Crippen LogP contribution in [-0.4, -0.2) is 29.4 Å². The molecule has 0 spiro atoms. The van der Waals surface area contributed by atoms with E-state index in [0.29, 0.717) is 17.3 Å². The van der Waals surface area contributed by atoms with Crippen LogP contribution in [0.1, 0.15) is 10.4 Å². The maximum Gasteiger partial charge on any atom is 0.254 e. The van der Waals surface area contributed by atoms with E-state index in [1.165, 1.54) is 6.20 Å². The Balaban J connectivity index is 2.83. The van der Waals surface area contributed by atoms with Gasteiger partial charge in [-0.15, -0.1) is 6.58 Å². The summed E-state index contributed by atoms with van der Waals surface area (Å²) in [5.74, 6) is -0.0887. The number of aromatic nitrogens is 1. The zero-order valence-electron chi connectivity index (χ0n) is 7.90. The molecule has 14 heavy (non-hydrogen) atoms. The van der Waals surface area contributed by atoms with Crippen LogP contribution < -0.4 is 0 Å². The summed E-state index contributed by atoms with van der Waals surface area (Å²) in [4.78, 5) is 17.0. The molecule has 0 bridgehead atoms. The van der Waals surface area contributed by atoms with Crippen molar-refractivity contribution >= 4 is 17.5 Å². The molecule has 1 amide bonds. The summed E-state index contributed by atoms with van der Waals surface area (Å²) < 4.78 is 0. The van der Waals surface area contributed by atoms with Gasteiger partial charge in [-0.1, -0.05) is 17.7 Å². The summed E-state index contributed by atoms with van der Waals surface area (Å²) in [7, 11) is 1.71. The van der Waals surface area contributed by atoms with Crippen LogP contribution in [0.15, 0.2) is 31.0 Å². The molecule has 0 N–H and O–H groups in total. The van der Waals surface area contributed by atoms with Gasteiger partial charge in [0.2, 0.25) is 0 Å². The SMILES string of the molecule is C=CCN(C)C(=O)c1ccnc(Cl)c1. The van der Waals surface area contributed by atoms with Gasteiger partial charge in [0.05, 0.1) is 0 Å². The lowest BCUT2D eigenvalue weighted by atomic mass is 10.2. The first kappa shape index (κ1) is 10.7. The maximum atomic E-state index is 11.7. The molecular weight excluding hydrogens is 200 g/mol. The summed E-state index contributed by atoms with van der Waals surface area (Å²) >= 11 is 5.67. The number of rotatable bonds is 3. The average molecular weight is 211 g/mol. The maximum absolute atomic E-state index is 11.7. The molecule has 1 heterocycles. The van der Waals surface area contributed by atoms with Crippen molar-refractivity contribution in [2.75, 3.05) is 13.6 Å². The van der Waals surface area contributed by atoms with Gasteiger partial charge in [0.1, 0.15) is 5.15 Å². The molecule has 0 fully saturated rings. The average Bonchev–Trinajstić information content (AvgIpc) is 2.17. The number of halogens is 1. The summed E-state index contributed by atoms with van der Waals surface area (Å²) in [5.41, 5.74) is 0.536. The lowest BCUT2D eigenvalue weighted by molar-refractivity contribution is 0.0810. The van der Waals surface area contributed by atoms with Crippen LogP contribution in [0.5, 0.6) is 0 Å². The van der Waals surface area contributed by atoms with Gasteiger partial charge < -0.3 is 4.90 Å². The molecular formula is C10H11ClN2O. The van der Waals surface area contributed by atoms with Crippen LogP contribution in [0.4, 0.5) is 0 Å². The molecule has 74 valence electrons. The number of amides is 1. The summed E-state index contributed by atoms with van der Waals surface area (Å²) in [6, 6.07) is 3.18. The third kappa shape index (κ3) is 2.57. The van der Waals surface area contributed by atoms with Gasteiger partial charge in [-0.05, 0) is 12.1 Å². The minimum absolute atomic E-state index is 0.0887. The Bertz CT molecular complexity index is 352. The van der Waals surface area contributed by atoms with E-state index in [2.05, 4.69) is 11.6 Å². The van der Waals surface area contributed by atoms with E-state index >= 15 is 0 Å². The first-order chi connectivity index (χ1) is 6.65. The Kier molecular flexibility index (Phi) is 3.65. The highest BCUT2D eigenvalue weighted by Gasteiger charge is 2.10. The van der Waals surface area contributed by atoms with Crippen LogP contribution in [0.2, 0.25) is 5.15 Å². The first-order valence-electron chi connectivity index (χ1n) is 4.13. The van der Waals surface area contributed by atoms with E-state index in [1.807, 2.05) is 0 Å². The molecule has 0 aliphatic rings. The Morgan fingerprint density at radius 2 is 2.50 bits per heavy atom. The Morgan fingerprint density at radius 3 is 3.07 bits per heavy atom. The monoisotopic (exact) mass is 210 g/mol. The number of likely N-dealkylation sites (N-methyl/N-ethyl adjacent to an activating group) is 1. The second kappa shape index (κ2) is 4.77. The van der Waals surface area contributed by atoms with Gasteiger partial charge in [0, 0.05) is 25.4 Å². The molecule has 0 unspecified atom stereocenters. The highest BCUT2D eigenvalue weighted by Crippen LogP contribution is 2.08. The van der Waals surface area contributed by atoms with Crippen molar-refractivity contribution in [2.24, 2.45) is 0 Å². The van der Waals surface area contributed by atoms with Crippen LogP contribution in [0.25, 0.3) is 0 Å². The van der Waals surface area contributed by atoms with Crippen molar-refractivity contribution in [3.05, 3.63) is 41.7 Å². The predicted octanol–water partition coefficient (Wildman–Crippen LogP) is 1.99. The van der Waals surface area contributed by atoms with E-state index < -0.39 is 0 Å². The van der Waals surface area contributed by atoms with E-state index in [1.54, 1.807) is 30.2 Å². The smallest absolute Gasteiger partial charge is 0.254 e. The Hall–Kier alpha value is -1.35. The number of carbonyl (C=O) groups excluding carboxylic acids is 1. The quantitative estimate of drug-likeness (QED) is 0.565. The van der Waals surface area contributed by atoms with Crippen LogP contribution in [0, 0.1) is 0 Å². The summed E-state index contributed by atoms with van der Waals surface area (Å²) in [5, 5.41) is 0.322. The molecule has 1 rings (SSSR count). The van der Waals surface area contributed by atoms with Crippen molar-refractivity contribution in [2.45, 2.75) is 0 Å². The molecule has 0 radical (unpaired) electrons. The van der Waals surface area contributed by atoms with E-state index in [-0.39, 0.29) is 5.91 Å². The second-order valence-corrected chi connectivity index (χ2v) is 3.23. The number of carbonyl (C=O) groups is 1. The lowest BCUT2D eigenvalue weighted by Gasteiger charge is -2.14. The van der Waals surface area contributed by atoms with Crippen LogP contribution >= 0.6 is 11.6 Å². The van der Waals surface area contributed by atoms with Crippen molar-refractivity contribution < 1.29 is 4.79 Å². The molecule has 1 aromatic heterocycles. The first-order valence-corrected chi connectivity index (χ1v) is 4.51. The van der Waals surface area contributed by atoms with Crippen molar-refractivity contribution in [3.63, 3.8) is 0 Å². The highest BCUT2D eigenvalue weighted by atomic mass is 35.5. The molecule has 0 aromatic carbocycles. The van der Waals surface area contributed by atoms with Gasteiger partial charge in [-0.25, -0.2) is 4.98 Å². The van der Waals surface area contributed by atoms with E-state index in [9.17, 15) is 4.79 Å². The number of pyridine rings is 1.